The van der Waals surface area contributed by atoms with Crippen LogP contribution in [0, 0.1) is 12.7 Å². The van der Waals surface area contributed by atoms with Crippen LogP contribution in [0.1, 0.15) is 21.6 Å². The van der Waals surface area contributed by atoms with E-state index in [1.165, 1.54) is 12.1 Å². The number of benzene rings is 2. The van der Waals surface area contributed by atoms with Gasteiger partial charge in [0.15, 0.2) is 0 Å². The van der Waals surface area contributed by atoms with E-state index in [-0.39, 0.29) is 16.6 Å². The van der Waals surface area contributed by atoms with Crippen LogP contribution in [-0.2, 0) is 5.75 Å². The van der Waals surface area contributed by atoms with E-state index in [0.717, 1.165) is 27.4 Å². The van der Waals surface area contributed by atoms with E-state index in [1.807, 2.05) is 24.4 Å². The average Bonchev–Trinajstić information content (AvgIpc) is 3.01. The number of carbonyl (C=O) groups excluding carboxylic acids is 1. The zero-order valence-electron chi connectivity index (χ0n) is 13.3. The molecule has 2 aromatic carbocycles. The summed E-state index contributed by atoms with van der Waals surface area (Å²) in [4.78, 5) is 16.6. The first-order valence-corrected chi connectivity index (χ1v) is 9.66. The maximum Gasteiger partial charge on any atom is 0.255 e. The van der Waals surface area contributed by atoms with Crippen LogP contribution in [0.2, 0.25) is 5.02 Å². The van der Waals surface area contributed by atoms with E-state index < -0.39 is 5.82 Å². The van der Waals surface area contributed by atoms with Crippen LogP contribution in [0.5, 0.6) is 0 Å². The fraction of sp³-hybridized carbons (Fsp3) is 0.111. The zero-order chi connectivity index (χ0) is 17.8. The third-order valence-corrected chi connectivity index (χ3v) is 5.80. The molecule has 3 nitrogen and oxygen atoms in total. The molecule has 0 spiro atoms. The number of anilines is 1. The first kappa shape index (κ1) is 17.9. The van der Waals surface area contributed by atoms with E-state index in [9.17, 15) is 9.18 Å². The number of nitrogens with one attached hydrogen (secondary N) is 1. The Bertz CT molecular complexity index is 896. The molecule has 25 heavy (non-hydrogen) atoms. The van der Waals surface area contributed by atoms with Gasteiger partial charge in [0.1, 0.15) is 10.2 Å². The summed E-state index contributed by atoms with van der Waals surface area (Å²) in [6.45, 7) is 1.97. The lowest BCUT2D eigenvalue weighted by Gasteiger charge is -2.07. The van der Waals surface area contributed by atoms with Crippen molar-refractivity contribution in [2.45, 2.75) is 17.0 Å². The van der Waals surface area contributed by atoms with Crippen molar-refractivity contribution >= 4 is 46.3 Å². The molecule has 0 saturated heterocycles. The van der Waals surface area contributed by atoms with E-state index in [0.29, 0.717) is 5.56 Å². The number of aryl methyl sites for hydroxylation is 1. The van der Waals surface area contributed by atoms with Crippen molar-refractivity contribution in [2.75, 3.05) is 5.32 Å². The van der Waals surface area contributed by atoms with Crippen molar-refractivity contribution in [3.05, 3.63) is 75.5 Å². The van der Waals surface area contributed by atoms with Gasteiger partial charge >= 0.3 is 0 Å². The Hall–Kier alpha value is -1.89. The minimum absolute atomic E-state index is 0.105. The van der Waals surface area contributed by atoms with Crippen molar-refractivity contribution < 1.29 is 9.18 Å². The Kier molecular flexibility index (Phi) is 5.73. The summed E-state index contributed by atoms with van der Waals surface area (Å²) >= 11 is 8.99. The average molecular weight is 393 g/mol. The third kappa shape index (κ3) is 4.81. The SMILES string of the molecule is Cc1csc(SCc2ccc(C(=O)Nc3ccc(Cl)cc3F)cc2)n1. The minimum Gasteiger partial charge on any atom is -0.319 e. The highest BCUT2D eigenvalue weighted by Gasteiger charge is 2.10. The number of thiazole rings is 1. The molecular weight excluding hydrogens is 379 g/mol. The molecule has 1 heterocycles. The lowest BCUT2D eigenvalue weighted by Crippen LogP contribution is -2.12. The number of halogens is 2. The molecule has 3 aromatic rings. The molecule has 0 aliphatic rings. The van der Waals surface area contributed by atoms with Crippen molar-refractivity contribution in [2.24, 2.45) is 0 Å². The number of thioether (sulfide) groups is 1. The number of rotatable bonds is 5. The van der Waals surface area contributed by atoms with Gasteiger partial charge in [-0.25, -0.2) is 9.37 Å². The first-order chi connectivity index (χ1) is 12.0. The Labute approximate surface area is 158 Å². The van der Waals surface area contributed by atoms with Crippen molar-refractivity contribution in [1.82, 2.24) is 4.98 Å². The molecule has 1 N–H and O–H groups in total. The third-order valence-electron chi connectivity index (χ3n) is 3.36. The second kappa shape index (κ2) is 7.99. The lowest BCUT2D eigenvalue weighted by atomic mass is 10.1. The van der Waals surface area contributed by atoms with Crippen LogP contribution < -0.4 is 5.32 Å². The van der Waals surface area contributed by atoms with Gasteiger partial charge in [-0.2, -0.15) is 0 Å². The summed E-state index contributed by atoms with van der Waals surface area (Å²) in [5, 5.41) is 4.85. The number of amides is 1. The van der Waals surface area contributed by atoms with Gasteiger partial charge in [-0.3, -0.25) is 4.79 Å². The topological polar surface area (TPSA) is 42.0 Å². The molecule has 0 aliphatic heterocycles. The summed E-state index contributed by atoms with van der Waals surface area (Å²) in [5.74, 6) is -0.149. The summed E-state index contributed by atoms with van der Waals surface area (Å²) in [5.41, 5.74) is 2.68. The van der Waals surface area contributed by atoms with E-state index in [4.69, 9.17) is 11.6 Å². The monoisotopic (exact) mass is 392 g/mol. The predicted molar refractivity (Wildman–Crippen MR) is 102 cm³/mol. The molecule has 0 saturated carbocycles. The first-order valence-electron chi connectivity index (χ1n) is 7.41. The number of hydrogen-bond donors (Lipinski definition) is 1. The van der Waals surface area contributed by atoms with Crippen LogP contribution >= 0.6 is 34.7 Å². The molecule has 7 heteroatoms. The Balaban J connectivity index is 1.62. The molecule has 0 aliphatic carbocycles. The lowest BCUT2D eigenvalue weighted by molar-refractivity contribution is 0.102. The Morgan fingerprint density at radius 1 is 1.28 bits per heavy atom. The summed E-state index contributed by atoms with van der Waals surface area (Å²) in [7, 11) is 0. The van der Waals surface area contributed by atoms with E-state index in [1.54, 1.807) is 35.2 Å². The van der Waals surface area contributed by atoms with Crippen LogP contribution in [0.25, 0.3) is 0 Å². The van der Waals surface area contributed by atoms with Gasteiger partial charge in [0.2, 0.25) is 0 Å². The second-order valence-electron chi connectivity index (χ2n) is 5.32. The second-order valence-corrected chi connectivity index (χ2v) is 7.84. The van der Waals surface area contributed by atoms with Crippen molar-refractivity contribution in [3.8, 4) is 0 Å². The standard InChI is InChI=1S/C18H14ClFN2OS2/c1-11-9-24-18(21-11)25-10-12-2-4-13(5-3-12)17(23)22-16-7-6-14(19)8-15(16)20/h2-9H,10H2,1H3,(H,22,23). The normalized spacial score (nSPS) is 10.7. The number of carbonyl (C=O) groups is 1. The predicted octanol–water partition coefficient (Wildman–Crippen LogP) is 5.79. The van der Waals surface area contributed by atoms with Gasteiger partial charge in [-0.05, 0) is 42.8 Å². The van der Waals surface area contributed by atoms with Crippen molar-refractivity contribution in [1.29, 1.82) is 0 Å². The molecule has 0 radical (unpaired) electrons. The molecule has 0 unspecified atom stereocenters. The Morgan fingerprint density at radius 2 is 2.04 bits per heavy atom. The fourth-order valence-electron chi connectivity index (χ4n) is 2.08. The van der Waals surface area contributed by atoms with Crippen LogP contribution in [0.3, 0.4) is 0 Å². The minimum atomic E-state index is -0.562. The van der Waals surface area contributed by atoms with Gasteiger partial charge in [-0.1, -0.05) is 35.5 Å². The number of aromatic nitrogens is 1. The summed E-state index contributed by atoms with van der Waals surface area (Å²) < 4.78 is 14.8. The van der Waals surface area contributed by atoms with Crippen molar-refractivity contribution in [3.63, 3.8) is 0 Å². The fourth-order valence-corrected chi connectivity index (χ4v) is 4.05. The molecule has 1 amide bonds. The highest BCUT2D eigenvalue weighted by Crippen LogP contribution is 2.26. The van der Waals surface area contributed by atoms with Gasteiger partial charge in [0, 0.05) is 27.4 Å². The van der Waals surface area contributed by atoms with Crippen LogP contribution in [-0.4, -0.2) is 10.9 Å². The number of nitrogens with zero attached hydrogens (tertiary/aromatic N) is 1. The van der Waals surface area contributed by atoms with Gasteiger partial charge in [-0.15, -0.1) is 11.3 Å². The summed E-state index contributed by atoms with van der Waals surface area (Å²) in [6.07, 6.45) is 0. The zero-order valence-corrected chi connectivity index (χ0v) is 15.6. The maximum absolute atomic E-state index is 13.7. The van der Waals surface area contributed by atoms with Gasteiger partial charge < -0.3 is 5.32 Å². The van der Waals surface area contributed by atoms with Gasteiger partial charge in [0.25, 0.3) is 5.91 Å². The molecular formula is C18H14ClFN2OS2. The molecule has 3 rings (SSSR count). The largest absolute Gasteiger partial charge is 0.319 e. The molecule has 1 aromatic heterocycles. The van der Waals surface area contributed by atoms with E-state index in [2.05, 4.69) is 10.3 Å². The number of hydrogen-bond acceptors (Lipinski definition) is 4. The molecule has 0 bridgehead atoms. The molecule has 0 fully saturated rings. The maximum atomic E-state index is 13.7. The Morgan fingerprint density at radius 3 is 2.68 bits per heavy atom. The highest BCUT2D eigenvalue weighted by atomic mass is 35.5. The molecule has 128 valence electrons. The summed E-state index contributed by atoms with van der Waals surface area (Å²) in [6, 6.07) is 11.4. The van der Waals surface area contributed by atoms with E-state index >= 15 is 0 Å². The smallest absolute Gasteiger partial charge is 0.255 e. The highest BCUT2D eigenvalue weighted by molar-refractivity contribution is 8.00. The van der Waals surface area contributed by atoms with Crippen LogP contribution in [0.15, 0.2) is 52.2 Å². The quantitative estimate of drug-likeness (QED) is 0.559. The molecule has 0 atom stereocenters. The van der Waals surface area contributed by atoms with Gasteiger partial charge in [0.05, 0.1) is 5.69 Å². The van der Waals surface area contributed by atoms with Crippen LogP contribution in [0.4, 0.5) is 10.1 Å².